The fourth-order valence-electron chi connectivity index (χ4n) is 5.62. The van der Waals surface area contributed by atoms with Crippen LogP contribution < -0.4 is 4.90 Å². The first-order chi connectivity index (χ1) is 23.0. The Morgan fingerprint density at radius 2 is 1.20 bits per heavy atom. The third kappa shape index (κ3) is 8.31. The lowest BCUT2D eigenvalue weighted by Gasteiger charge is -2.28. The van der Waals surface area contributed by atoms with Gasteiger partial charge in [-0.25, -0.2) is 4.58 Å². The van der Waals surface area contributed by atoms with Crippen molar-refractivity contribution >= 4 is 47.3 Å². The van der Waals surface area contributed by atoms with Crippen LogP contribution in [0.25, 0.3) is 5.57 Å². The quantitative estimate of drug-likeness (QED) is 0.142. The van der Waals surface area contributed by atoms with Crippen LogP contribution in [0.5, 0.6) is 0 Å². The van der Waals surface area contributed by atoms with Gasteiger partial charge in [0, 0.05) is 30.5 Å². The predicted octanol–water partition coefficient (Wildman–Crippen LogP) is 5.41. The first-order valence-electron chi connectivity index (χ1n) is 14.7. The maximum absolute atomic E-state index is 12.4. The number of nitrogens with zero attached hydrogens (tertiary/aromatic N) is 2. The lowest BCUT2D eigenvalue weighted by molar-refractivity contribution is -0.512. The van der Waals surface area contributed by atoms with Gasteiger partial charge in [-0.05, 0) is 70.3 Å². The molecule has 4 aromatic rings. The zero-order valence-electron chi connectivity index (χ0n) is 26.3. The summed E-state index contributed by atoms with van der Waals surface area (Å²) < 4.78 is 103. The van der Waals surface area contributed by atoms with E-state index in [-0.39, 0.29) is 16.3 Å². The van der Waals surface area contributed by atoms with Gasteiger partial charge in [0.25, 0.3) is 30.4 Å². The second-order valence-electron chi connectivity index (χ2n) is 11.3. The third-order valence-corrected chi connectivity index (χ3v) is 11.0. The van der Waals surface area contributed by atoms with E-state index >= 15 is 0 Å². The van der Waals surface area contributed by atoms with E-state index < -0.39 is 35.7 Å². The monoisotopic (exact) mass is 721 g/mol. The van der Waals surface area contributed by atoms with Crippen LogP contribution in [-0.2, 0) is 36.9 Å². The minimum absolute atomic E-state index is 0.178. The molecule has 0 fully saturated rings. The molecule has 11 nitrogen and oxygen atoms in total. The number of anilines is 1. The van der Waals surface area contributed by atoms with Crippen LogP contribution in [0.3, 0.4) is 0 Å². The highest BCUT2D eigenvalue weighted by atomic mass is 32.2. The van der Waals surface area contributed by atoms with Crippen molar-refractivity contribution in [2.24, 2.45) is 0 Å². The van der Waals surface area contributed by atoms with E-state index in [9.17, 15) is 38.9 Å². The van der Waals surface area contributed by atoms with E-state index in [4.69, 9.17) is 0 Å². The fourth-order valence-corrected chi connectivity index (χ4v) is 7.84. The average Bonchev–Trinajstić information content (AvgIpc) is 3.05. The molecule has 1 aliphatic carbocycles. The van der Waals surface area contributed by atoms with Crippen molar-refractivity contribution in [1.29, 1.82) is 0 Å². The van der Waals surface area contributed by atoms with Crippen LogP contribution in [0.15, 0.2) is 143 Å². The number of hydrogen-bond acceptors (Lipinski definition) is 7. The number of benzene rings is 4. The van der Waals surface area contributed by atoms with Crippen LogP contribution in [-0.4, -0.2) is 63.3 Å². The molecular formula is C35H33N2O9S3+. The Balaban J connectivity index is 1.54. The van der Waals surface area contributed by atoms with Gasteiger partial charge in [-0.2, -0.15) is 25.3 Å². The van der Waals surface area contributed by atoms with Crippen molar-refractivity contribution in [3.8, 4) is 0 Å². The Hall–Kier alpha value is -4.70. The highest BCUT2D eigenvalue weighted by Crippen LogP contribution is 2.34. The van der Waals surface area contributed by atoms with Crippen molar-refractivity contribution in [3.63, 3.8) is 0 Å². The van der Waals surface area contributed by atoms with Crippen molar-refractivity contribution < 1.29 is 43.5 Å². The molecule has 1 atom stereocenters. The van der Waals surface area contributed by atoms with Gasteiger partial charge in [-0.3, -0.25) is 13.7 Å². The van der Waals surface area contributed by atoms with Crippen molar-refractivity contribution in [1.82, 2.24) is 0 Å². The van der Waals surface area contributed by atoms with Crippen LogP contribution in [0.2, 0.25) is 0 Å². The smallest absolute Gasteiger partial charge is 0.295 e. The van der Waals surface area contributed by atoms with E-state index in [0.29, 0.717) is 33.5 Å². The molecule has 3 N–H and O–H groups in total. The maximum atomic E-state index is 12.4. The van der Waals surface area contributed by atoms with Gasteiger partial charge < -0.3 is 4.90 Å². The first kappa shape index (κ1) is 35.6. The molecule has 1 aliphatic rings. The molecule has 0 radical (unpaired) electrons. The Bertz CT molecular complexity index is 2310. The molecular weight excluding hydrogens is 689 g/mol. The lowest BCUT2D eigenvalue weighted by atomic mass is 9.90. The zero-order valence-corrected chi connectivity index (χ0v) is 28.8. The van der Waals surface area contributed by atoms with Gasteiger partial charge in [0.15, 0.2) is 17.6 Å². The topological polar surface area (TPSA) is 169 Å². The summed E-state index contributed by atoms with van der Waals surface area (Å²) in [5.74, 6) is 0. The highest BCUT2D eigenvalue weighted by Gasteiger charge is 2.30. The molecule has 0 aliphatic heterocycles. The first-order valence-corrected chi connectivity index (χ1v) is 19.1. The van der Waals surface area contributed by atoms with Crippen molar-refractivity contribution in [2.75, 3.05) is 19.0 Å². The largest absolute Gasteiger partial charge is 0.352 e. The highest BCUT2D eigenvalue weighted by molar-refractivity contribution is 7.86. The van der Waals surface area contributed by atoms with Crippen molar-refractivity contribution in [3.05, 3.63) is 155 Å². The van der Waals surface area contributed by atoms with E-state index in [1.165, 1.54) is 29.2 Å². The zero-order chi connectivity index (χ0) is 35.6. The normalized spacial score (nSPS) is 14.1. The van der Waals surface area contributed by atoms with E-state index in [1.807, 2.05) is 28.9 Å². The van der Waals surface area contributed by atoms with Gasteiger partial charge in [-0.1, -0.05) is 72.8 Å². The van der Waals surface area contributed by atoms with E-state index in [1.54, 1.807) is 93.0 Å². The predicted molar refractivity (Wildman–Crippen MR) is 187 cm³/mol. The van der Waals surface area contributed by atoms with E-state index in [2.05, 4.69) is 0 Å². The number of rotatable bonds is 10. The maximum Gasteiger partial charge on any atom is 0.295 e. The van der Waals surface area contributed by atoms with Crippen molar-refractivity contribution in [2.45, 2.75) is 21.7 Å². The molecule has 0 saturated carbocycles. The van der Waals surface area contributed by atoms with Crippen LogP contribution >= 0.6 is 0 Å². The lowest BCUT2D eigenvalue weighted by Crippen LogP contribution is -2.30. The molecule has 49 heavy (non-hydrogen) atoms. The Morgan fingerprint density at radius 3 is 1.73 bits per heavy atom. The average molecular weight is 722 g/mol. The Morgan fingerprint density at radius 1 is 0.673 bits per heavy atom. The van der Waals surface area contributed by atoms with Crippen LogP contribution in [0, 0.1) is 0 Å². The standard InChI is InChI=1S/C35H32N2O9S3/c1-36(24-29-10-6-7-11-33(29)48(41,42)43)30-18-12-25(13-19-30)34(27-16-22-32(23-17-27)47(38,39)40)26-14-20-31(21-15-26)37(2)35(49(44,45)46)28-8-4-3-5-9-28/h3-23,35H,24H2,1-2H3,(H2-,38,39,40,41,42,43,44,45,46)/p+1. The minimum atomic E-state index is -4.53. The Labute approximate surface area is 285 Å². The molecule has 1 unspecified atom stereocenters. The molecule has 0 heterocycles. The molecule has 0 aromatic heterocycles. The summed E-state index contributed by atoms with van der Waals surface area (Å²) in [4.78, 5) is 0.995. The molecule has 0 amide bonds. The van der Waals surface area contributed by atoms with Gasteiger partial charge in [-0.15, -0.1) is 0 Å². The summed E-state index contributed by atoms with van der Waals surface area (Å²) in [6.45, 7) is 0.186. The summed E-state index contributed by atoms with van der Waals surface area (Å²) in [5, 5.41) is -1.36. The minimum Gasteiger partial charge on any atom is -0.352 e. The molecule has 14 heteroatoms. The van der Waals surface area contributed by atoms with Gasteiger partial charge in [0.05, 0.1) is 4.90 Å². The summed E-state index contributed by atoms with van der Waals surface area (Å²) in [6, 6.07) is 27.2. The second-order valence-corrected chi connectivity index (χ2v) is 15.6. The number of hydrogen-bond donors (Lipinski definition) is 3. The summed E-state index contributed by atoms with van der Waals surface area (Å²) in [7, 11) is -10.0. The van der Waals surface area contributed by atoms with E-state index in [0.717, 1.165) is 11.3 Å². The summed E-state index contributed by atoms with van der Waals surface area (Å²) in [6.07, 6.45) is 7.35. The van der Waals surface area contributed by atoms with Gasteiger partial charge in [0.1, 0.15) is 11.9 Å². The summed E-state index contributed by atoms with van der Waals surface area (Å²) >= 11 is 0. The SMILES string of the molecule is CN(c1ccc(C(=C2C=CC(=[N+](C)Cc3ccccc3S(=O)(=O)O)C=C2)c2ccc(S(=O)(=O)O)cc2)cc1)C(c1ccccc1)S(=O)(=O)O. The summed E-state index contributed by atoms with van der Waals surface area (Å²) in [5.41, 5.74) is 4.78. The number of allylic oxidation sites excluding steroid dienone is 5. The molecule has 5 rings (SSSR count). The fraction of sp³-hybridized carbons (Fsp3) is 0.114. The molecule has 254 valence electrons. The van der Waals surface area contributed by atoms with Gasteiger partial charge in [0.2, 0.25) is 0 Å². The van der Waals surface area contributed by atoms with Crippen LogP contribution in [0.4, 0.5) is 5.69 Å². The Kier molecular flexibility index (Phi) is 10.2. The molecule has 0 saturated heterocycles. The van der Waals surface area contributed by atoms with Gasteiger partial charge >= 0.3 is 0 Å². The van der Waals surface area contributed by atoms with Crippen LogP contribution in [0.1, 0.15) is 27.6 Å². The second kappa shape index (κ2) is 14.0. The third-order valence-electron chi connectivity index (χ3n) is 7.98. The molecule has 0 spiro atoms. The molecule has 4 aromatic carbocycles. The molecule has 0 bridgehead atoms.